The second kappa shape index (κ2) is 6.42. The monoisotopic (exact) mass is 327 g/mol. The average molecular weight is 328 g/mol. The molecule has 0 aliphatic carbocycles. The predicted octanol–water partition coefficient (Wildman–Crippen LogP) is 3.88. The number of hydrogen-bond donors (Lipinski definition) is 1. The number of aryl methyl sites for hydroxylation is 1. The first-order valence-corrected chi connectivity index (χ1v) is 7.89. The predicted molar refractivity (Wildman–Crippen MR) is 92.5 cm³/mol. The second-order valence-corrected chi connectivity index (χ2v) is 5.95. The highest BCUT2D eigenvalue weighted by molar-refractivity contribution is 6.31. The van der Waals surface area contributed by atoms with Gasteiger partial charge in [0.05, 0.1) is 17.1 Å². The van der Waals surface area contributed by atoms with Crippen LogP contribution in [0.1, 0.15) is 24.4 Å². The molecule has 5 heteroatoms. The SMILES string of the molecule is Cc1nc2ccccc2n1CC(=O)N[C@H](C)c1ccccc1Cl. The van der Waals surface area contributed by atoms with Gasteiger partial charge >= 0.3 is 0 Å². The Kier molecular flexibility index (Phi) is 4.35. The van der Waals surface area contributed by atoms with Crippen LogP contribution in [0.5, 0.6) is 0 Å². The Bertz CT molecular complexity index is 856. The van der Waals surface area contributed by atoms with Crippen molar-refractivity contribution in [3.05, 3.63) is 64.9 Å². The Labute approximate surface area is 140 Å². The van der Waals surface area contributed by atoms with Gasteiger partial charge in [0.25, 0.3) is 0 Å². The van der Waals surface area contributed by atoms with E-state index in [9.17, 15) is 4.79 Å². The number of carbonyl (C=O) groups excluding carboxylic acids is 1. The Morgan fingerprint density at radius 2 is 1.91 bits per heavy atom. The molecule has 118 valence electrons. The van der Waals surface area contributed by atoms with E-state index in [0.29, 0.717) is 5.02 Å². The quantitative estimate of drug-likeness (QED) is 0.790. The highest BCUT2D eigenvalue weighted by Crippen LogP contribution is 2.22. The number of benzene rings is 2. The zero-order valence-electron chi connectivity index (χ0n) is 13.1. The highest BCUT2D eigenvalue weighted by Gasteiger charge is 2.15. The lowest BCUT2D eigenvalue weighted by molar-refractivity contribution is -0.122. The van der Waals surface area contributed by atoms with E-state index in [0.717, 1.165) is 22.4 Å². The van der Waals surface area contributed by atoms with E-state index in [2.05, 4.69) is 10.3 Å². The van der Waals surface area contributed by atoms with Crippen molar-refractivity contribution in [3.63, 3.8) is 0 Å². The Balaban J connectivity index is 1.76. The van der Waals surface area contributed by atoms with Gasteiger partial charge in [0, 0.05) is 5.02 Å². The third-order valence-electron chi connectivity index (χ3n) is 3.90. The lowest BCUT2D eigenvalue weighted by Gasteiger charge is -2.16. The minimum Gasteiger partial charge on any atom is -0.348 e. The molecule has 1 heterocycles. The van der Waals surface area contributed by atoms with Crippen LogP contribution >= 0.6 is 11.6 Å². The van der Waals surface area contributed by atoms with Crippen molar-refractivity contribution in [2.24, 2.45) is 0 Å². The number of carbonyl (C=O) groups is 1. The van der Waals surface area contributed by atoms with Gasteiger partial charge in [-0.1, -0.05) is 41.9 Å². The molecule has 1 N–H and O–H groups in total. The summed E-state index contributed by atoms with van der Waals surface area (Å²) in [7, 11) is 0. The summed E-state index contributed by atoms with van der Waals surface area (Å²) in [6, 6.07) is 15.2. The number of para-hydroxylation sites is 2. The maximum atomic E-state index is 12.4. The van der Waals surface area contributed by atoms with E-state index in [4.69, 9.17) is 11.6 Å². The summed E-state index contributed by atoms with van der Waals surface area (Å²) in [5.74, 6) is 0.760. The van der Waals surface area contributed by atoms with Gasteiger partial charge in [0.15, 0.2) is 0 Å². The molecule has 0 aliphatic heterocycles. The first-order chi connectivity index (χ1) is 11.1. The van der Waals surface area contributed by atoms with Crippen LogP contribution in [0.3, 0.4) is 0 Å². The first kappa shape index (κ1) is 15.6. The van der Waals surface area contributed by atoms with Crippen LogP contribution < -0.4 is 5.32 Å². The van der Waals surface area contributed by atoms with Gasteiger partial charge in [-0.05, 0) is 37.6 Å². The number of amides is 1. The molecule has 1 amide bonds. The Hall–Kier alpha value is -2.33. The molecule has 0 saturated carbocycles. The molecule has 0 unspecified atom stereocenters. The number of halogens is 1. The summed E-state index contributed by atoms with van der Waals surface area (Å²) in [5.41, 5.74) is 2.78. The number of fused-ring (bicyclic) bond motifs is 1. The fraction of sp³-hybridized carbons (Fsp3) is 0.222. The molecule has 0 fully saturated rings. The van der Waals surface area contributed by atoms with Gasteiger partial charge in [0.1, 0.15) is 12.4 Å². The van der Waals surface area contributed by atoms with Crippen molar-refractivity contribution in [1.82, 2.24) is 14.9 Å². The number of hydrogen-bond acceptors (Lipinski definition) is 2. The van der Waals surface area contributed by atoms with Crippen LogP contribution in [-0.2, 0) is 11.3 Å². The summed E-state index contributed by atoms with van der Waals surface area (Å²) in [6.07, 6.45) is 0. The lowest BCUT2D eigenvalue weighted by atomic mass is 10.1. The fourth-order valence-electron chi connectivity index (χ4n) is 2.73. The van der Waals surface area contributed by atoms with E-state index < -0.39 is 0 Å². The fourth-order valence-corrected chi connectivity index (χ4v) is 3.03. The minimum absolute atomic E-state index is 0.0660. The average Bonchev–Trinajstić information content (AvgIpc) is 2.83. The largest absolute Gasteiger partial charge is 0.348 e. The number of rotatable bonds is 4. The van der Waals surface area contributed by atoms with Gasteiger partial charge in [-0.3, -0.25) is 4.79 Å². The molecule has 2 aromatic carbocycles. The third-order valence-corrected chi connectivity index (χ3v) is 4.24. The first-order valence-electron chi connectivity index (χ1n) is 7.52. The summed E-state index contributed by atoms with van der Waals surface area (Å²) >= 11 is 6.18. The number of imidazole rings is 1. The number of nitrogens with zero attached hydrogens (tertiary/aromatic N) is 2. The number of aromatic nitrogens is 2. The second-order valence-electron chi connectivity index (χ2n) is 5.54. The lowest BCUT2D eigenvalue weighted by Crippen LogP contribution is -2.30. The van der Waals surface area contributed by atoms with Crippen molar-refractivity contribution < 1.29 is 4.79 Å². The van der Waals surface area contributed by atoms with Crippen LogP contribution in [0.4, 0.5) is 0 Å². The molecule has 3 aromatic rings. The van der Waals surface area contributed by atoms with Crippen molar-refractivity contribution in [1.29, 1.82) is 0 Å². The Morgan fingerprint density at radius 1 is 1.22 bits per heavy atom. The van der Waals surface area contributed by atoms with Crippen LogP contribution in [0.25, 0.3) is 11.0 Å². The molecule has 0 bridgehead atoms. The molecule has 1 atom stereocenters. The van der Waals surface area contributed by atoms with Crippen LogP contribution in [-0.4, -0.2) is 15.5 Å². The van der Waals surface area contributed by atoms with Crippen LogP contribution in [0.2, 0.25) is 5.02 Å². The van der Waals surface area contributed by atoms with Crippen molar-refractivity contribution in [2.45, 2.75) is 26.4 Å². The third kappa shape index (κ3) is 3.22. The summed E-state index contributed by atoms with van der Waals surface area (Å²) in [6.45, 7) is 4.07. The standard InChI is InChI=1S/C18H18ClN3O/c1-12(14-7-3-4-8-15(14)19)20-18(23)11-22-13(2)21-16-9-5-6-10-17(16)22/h3-10,12H,11H2,1-2H3,(H,20,23)/t12-/m1/s1. The molecule has 0 aliphatic rings. The van der Waals surface area contributed by atoms with E-state index in [1.54, 1.807) is 0 Å². The zero-order chi connectivity index (χ0) is 16.4. The summed E-state index contributed by atoms with van der Waals surface area (Å²) in [5, 5.41) is 3.65. The highest BCUT2D eigenvalue weighted by atomic mass is 35.5. The summed E-state index contributed by atoms with van der Waals surface area (Å²) in [4.78, 5) is 16.9. The molecular formula is C18H18ClN3O. The molecule has 0 saturated heterocycles. The molecule has 23 heavy (non-hydrogen) atoms. The Morgan fingerprint density at radius 3 is 2.70 bits per heavy atom. The summed E-state index contributed by atoms with van der Waals surface area (Å²) < 4.78 is 1.92. The van der Waals surface area contributed by atoms with Gasteiger partial charge < -0.3 is 9.88 Å². The normalized spacial score (nSPS) is 12.3. The van der Waals surface area contributed by atoms with E-state index >= 15 is 0 Å². The molecule has 4 nitrogen and oxygen atoms in total. The minimum atomic E-state index is -0.147. The van der Waals surface area contributed by atoms with Crippen molar-refractivity contribution in [2.75, 3.05) is 0 Å². The van der Waals surface area contributed by atoms with Gasteiger partial charge in [0.2, 0.25) is 5.91 Å². The van der Waals surface area contributed by atoms with Crippen molar-refractivity contribution in [3.8, 4) is 0 Å². The molecule has 0 radical (unpaired) electrons. The number of nitrogens with one attached hydrogen (secondary N) is 1. The van der Waals surface area contributed by atoms with E-state index in [1.807, 2.05) is 66.9 Å². The molecular weight excluding hydrogens is 310 g/mol. The maximum absolute atomic E-state index is 12.4. The topological polar surface area (TPSA) is 46.9 Å². The van der Waals surface area contributed by atoms with Gasteiger partial charge in [-0.25, -0.2) is 4.98 Å². The van der Waals surface area contributed by atoms with Crippen LogP contribution in [0.15, 0.2) is 48.5 Å². The smallest absolute Gasteiger partial charge is 0.240 e. The van der Waals surface area contributed by atoms with Gasteiger partial charge in [-0.15, -0.1) is 0 Å². The van der Waals surface area contributed by atoms with Crippen LogP contribution in [0, 0.1) is 6.92 Å². The van der Waals surface area contributed by atoms with E-state index in [-0.39, 0.29) is 18.5 Å². The molecule has 0 spiro atoms. The maximum Gasteiger partial charge on any atom is 0.240 e. The molecule has 1 aromatic heterocycles. The zero-order valence-corrected chi connectivity index (χ0v) is 13.8. The van der Waals surface area contributed by atoms with Crippen molar-refractivity contribution >= 4 is 28.5 Å². The van der Waals surface area contributed by atoms with Gasteiger partial charge in [-0.2, -0.15) is 0 Å². The van der Waals surface area contributed by atoms with E-state index in [1.165, 1.54) is 0 Å². The molecule has 3 rings (SSSR count).